The molecule has 0 unspecified atom stereocenters. The maximum Gasteiger partial charge on any atom is 0.0546 e. The van der Waals surface area contributed by atoms with E-state index in [0.717, 1.165) is 22.7 Å². The van der Waals surface area contributed by atoms with E-state index in [0.29, 0.717) is 0 Å². The molecule has 0 spiro atoms. The van der Waals surface area contributed by atoms with Crippen LogP contribution >= 0.6 is 0 Å². The molecule has 2 heteroatoms. The number of benzene rings is 6. The topological polar surface area (TPSA) is 24.1 Å². The average molecular weight is 545 g/mol. The number of rotatable bonds is 7. The first-order valence-electron chi connectivity index (χ1n) is 14.5. The molecule has 0 aliphatic rings. The van der Waals surface area contributed by atoms with Crippen molar-refractivity contribution in [3.05, 3.63) is 156 Å². The zero-order valence-electron chi connectivity index (χ0n) is 24.7. The van der Waals surface area contributed by atoms with E-state index < -0.39 is 0 Å². The molecule has 0 amide bonds. The SMILES string of the molecule is Cc1ccc(Nc2ccc(-c3cc(-c4ccccc4)c(Nc4ccc(C)cc4)c(-c4ccccc4)c3C)c(C)c2)cc1. The molecular weight excluding hydrogens is 508 g/mol. The molecule has 0 aliphatic carbocycles. The fourth-order valence-electron chi connectivity index (χ4n) is 5.63. The van der Waals surface area contributed by atoms with Gasteiger partial charge >= 0.3 is 0 Å². The lowest BCUT2D eigenvalue weighted by atomic mass is 9.85. The summed E-state index contributed by atoms with van der Waals surface area (Å²) in [5, 5.41) is 7.40. The van der Waals surface area contributed by atoms with Crippen LogP contribution in [0.25, 0.3) is 33.4 Å². The molecule has 0 saturated heterocycles. The molecule has 2 N–H and O–H groups in total. The van der Waals surface area contributed by atoms with Gasteiger partial charge in [-0.15, -0.1) is 0 Å². The number of anilines is 4. The molecule has 42 heavy (non-hydrogen) atoms. The van der Waals surface area contributed by atoms with Crippen LogP contribution in [0.5, 0.6) is 0 Å². The molecule has 0 bridgehead atoms. The van der Waals surface area contributed by atoms with Crippen molar-refractivity contribution < 1.29 is 0 Å². The van der Waals surface area contributed by atoms with Gasteiger partial charge in [0, 0.05) is 28.2 Å². The third-order valence-corrected chi connectivity index (χ3v) is 7.91. The molecule has 0 atom stereocenters. The Hall–Kier alpha value is -5.08. The lowest BCUT2D eigenvalue weighted by Gasteiger charge is -2.24. The van der Waals surface area contributed by atoms with Crippen molar-refractivity contribution in [2.45, 2.75) is 27.7 Å². The van der Waals surface area contributed by atoms with Crippen molar-refractivity contribution in [3.63, 3.8) is 0 Å². The minimum absolute atomic E-state index is 1.07. The number of nitrogens with one attached hydrogen (secondary N) is 2. The summed E-state index contributed by atoms with van der Waals surface area (Å²) in [5.74, 6) is 0. The molecule has 0 aromatic heterocycles. The Bertz CT molecular complexity index is 1820. The summed E-state index contributed by atoms with van der Waals surface area (Å²) in [5.41, 5.74) is 16.6. The average Bonchev–Trinajstić information content (AvgIpc) is 3.01. The van der Waals surface area contributed by atoms with E-state index in [1.807, 2.05) is 0 Å². The van der Waals surface area contributed by atoms with Gasteiger partial charge in [0.1, 0.15) is 0 Å². The highest BCUT2D eigenvalue weighted by Crippen LogP contribution is 2.46. The summed E-state index contributed by atoms with van der Waals surface area (Å²) < 4.78 is 0. The minimum atomic E-state index is 1.07. The Morgan fingerprint density at radius 2 is 0.929 bits per heavy atom. The summed E-state index contributed by atoms with van der Waals surface area (Å²) >= 11 is 0. The predicted molar refractivity (Wildman–Crippen MR) is 181 cm³/mol. The summed E-state index contributed by atoms with van der Waals surface area (Å²) in [6, 6.07) is 47.7. The maximum absolute atomic E-state index is 3.83. The van der Waals surface area contributed by atoms with Crippen LogP contribution in [-0.4, -0.2) is 0 Å². The second-order valence-corrected chi connectivity index (χ2v) is 11.1. The van der Waals surface area contributed by atoms with Gasteiger partial charge in [0.2, 0.25) is 0 Å². The van der Waals surface area contributed by atoms with Gasteiger partial charge in [-0.25, -0.2) is 0 Å². The summed E-state index contributed by atoms with van der Waals surface area (Å²) in [6.07, 6.45) is 0. The van der Waals surface area contributed by atoms with E-state index in [-0.39, 0.29) is 0 Å². The van der Waals surface area contributed by atoms with Crippen LogP contribution in [0.15, 0.2) is 133 Å². The Kier molecular flexibility index (Phi) is 7.62. The van der Waals surface area contributed by atoms with Crippen molar-refractivity contribution >= 4 is 22.7 Å². The van der Waals surface area contributed by atoms with Gasteiger partial charge < -0.3 is 10.6 Å². The second-order valence-electron chi connectivity index (χ2n) is 11.1. The van der Waals surface area contributed by atoms with E-state index in [2.05, 4.69) is 172 Å². The third-order valence-electron chi connectivity index (χ3n) is 7.91. The standard InChI is InChI=1S/C40H36N2/c1-27-15-19-33(20-16-27)41-35-23-24-36(29(3)25-35)37-26-38(31-11-7-5-8-12-31)40(42-34-21-17-28(2)18-22-34)39(30(37)4)32-13-9-6-10-14-32/h5-26,41-42H,1-4H3. The van der Waals surface area contributed by atoms with Gasteiger partial charge in [0.15, 0.2) is 0 Å². The van der Waals surface area contributed by atoms with E-state index >= 15 is 0 Å². The van der Waals surface area contributed by atoms with Crippen molar-refractivity contribution in [1.29, 1.82) is 0 Å². The van der Waals surface area contributed by atoms with Crippen molar-refractivity contribution in [2.75, 3.05) is 10.6 Å². The predicted octanol–water partition coefficient (Wildman–Crippen LogP) is 11.4. The first-order chi connectivity index (χ1) is 20.5. The molecule has 6 rings (SSSR count). The number of hydrogen-bond acceptors (Lipinski definition) is 2. The highest BCUT2D eigenvalue weighted by molar-refractivity contribution is 5.99. The quantitative estimate of drug-likeness (QED) is 0.209. The van der Waals surface area contributed by atoms with E-state index in [1.54, 1.807) is 0 Å². The normalized spacial score (nSPS) is 10.9. The summed E-state index contributed by atoms with van der Waals surface area (Å²) in [6.45, 7) is 8.69. The van der Waals surface area contributed by atoms with Crippen LogP contribution in [0.3, 0.4) is 0 Å². The fourth-order valence-corrected chi connectivity index (χ4v) is 5.63. The number of aryl methyl sites for hydroxylation is 3. The Morgan fingerprint density at radius 3 is 1.50 bits per heavy atom. The highest BCUT2D eigenvalue weighted by Gasteiger charge is 2.20. The van der Waals surface area contributed by atoms with E-state index in [4.69, 9.17) is 0 Å². The first-order valence-corrected chi connectivity index (χ1v) is 14.5. The molecule has 6 aromatic rings. The van der Waals surface area contributed by atoms with Gasteiger partial charge in [0.05, 0.1) is 5.69 Å². The van der Waals surface area contributed by atoms with Gasteiger partial charge in [0.25, 0.3) is 0 Å². The molecule has 0 saturated carbocycles. The third kappa shape index (κ3) is 5.70. The monoisotopic (exact) mass is 544 g/mol. The molecule has 2 nitrogen and oxygen atoms in total. The van der Waals surface area contributed by atoms with Gasteiger partial charge in [-0.05, 0) is 104 Å². The molecular formula is C40H36N2. The van der Waals surface area contributed by atoms with Crippen molar-refractivity contribution in [2.24, 2.45) is 0 Å². The van der Waals surface area contributed by atoms with Crippen LogP contribution in [0.2, 0.25) is 0 Å². The molecule has 0 aliphatic heterocycles. The Labute approximate surface area is 249 Å². The van der Waals surface area contributed by atoms with Crippen LogP contribution in [0.4, 0.5) is 22.7 Å². The van der Waals surface area contributed by atoms with Crippen LogP contribution in [0, 0.1) is 27.7 Å². The van der Waals surface area contributed by atoms with Crippen LogP contribution in [0.1, 0.15) is 22.3 Å². The zero-order chi connectivity index (χ0) is 29.1. The molecule has 0 heterocycles. The fraction of sp³-hybridized carbons (Fsp3) is 0.100. The minimum Gasteiger partial charge on any atom is -0.356 e. The molecule has 0 radical (unpaired) electrons. The zero-order valence-corrected chi connectivity index (χ0v) is 24.7. The highest BCUT2D eigenvalue weighted by atomic mass is 14.9. The molecule has 6 aromatic carbocycles. The lowest BCUT2D eigenvalue weighted by molar-refractivity contribution is 1.38. The summed E-state index contributed by atoms with van der Waals surface area (Å²) in [7, 11) is 0. The first kappa shape index (κ1) is 27.1. The van der Waals surface area contributed by atoms with Crippen molar-refractivity contribution in [1.82, 2.24) is 0 Å². The Morgan fingerprint density at radius 1 is 0.405 bits per heavy atom. The van der Waals surface area contributed by atoms with Crippen LogP contribution < -0.4 is 10.6 Å². The Balaban J connectivity index is 1.54. The van der Waals surface area contributed by atoms with Gasteiger partial charge in [-0.3, -0.25) is 0 Å². The van der Waals surface area contributed by atoms with Crippen molar-refractivity contribution in [3.8, 4) is 33.4 Å². The lowest BCUT2D eigenvalue weighted by Crippen LogP contribution is -2.02. The maximum atomic E-state index is 3.83. The smallest absolute Gasteiger partial charge is 0.0546 e. The summed E-state index contributed by atoms with van der Waals surface area (Å²) in [4.78, 5) is 0. The van der Waals surface area contributed by atoms with Crippen LogP contribution in [-0.2, 0) is 0 Å². The van der Waals surface area contributed by atoms with Gasteiger partial charge in [-0.1, -0.05) is 102 Å². The van der Waals surface area contributed by atoms with Gasteiger partial charge in [-0.2, -0.15) is 0 Å². The largest absolute Gasteiger partial charge is 0.356 e. The number of hydrogen-bond donors (Lipinski definition) is 2. The molecule has 0 fully saturated rings. The second kappa shape index (κ2) is 11.8. The van der Waals surface area contributed by atoms with E-state index in [1.165, 1.54) is 55.6 Å². The van der Waals surface area contributed by atoms with E-state index in [9.17, 15) is 0 Å². The molecule has 206 valence electrons.